The summed E-state index contributed by atoms with van der Waals surface area (Å²) in [4.78, 5) is 12.9. The van der Waals surface area contributed by atoms with Crippen LogP contribution in [0.1, 0.15) is 54.5 Å². The van der Waals surface area contributed by atoms with Gasteiger partial charge in [0.25, 0.3) is 0 Å². The first-order chi connectivity index (χ1) is 10.8. The van der Waals surface area contributed by atoms with Gasteiger partial charge in [-0.2, -0.15) is 0 Å². The van der Waals surface area contributed by atoms with E-state index in [9.17, 15) is 4.79 Å². The van der Waals surface area contributed by atoms with Crippen LogP contribution in [0.3, 0.4) is 0 Å². The summed E-state index contributed by atoms with van der Waals surface area (Å²) in [5.74, 6) is 0.669. The van der Waals surface area contributed by atoms with E-state index in [0.717, 1.165) is 40.2 Å². The lowest BCUT2D eigenvalue weighted by atomic mass is 9.82. The fraction of sp³-hybridized carbons (Fsp3) is 0.444. The molecule has 23 heavy (non-hydrogen) atoms. The molecule has 0 unspecified atom stereocenters. The van der Waals surface area contributed by atoms with E-state index in [2.05, 4.69) is 10.5 Å². The molecule has 1 aliphatic rings. The summed E-state index contributed by atoms with van der Waals surface area (Å²) in [6.45, 7) is 7.52. The van der Waals surface area contributed by atoms with Crippen LogP contribution in [0.2, 0.25) is 5.02 Å². The molecule has 1 aromatic heterocycles. The van der Waals surface area contributed by atoms with Crippen LogP contribution in [-0.2, 0) is 16.6 Å². The van der Waals surface area contributed by atoms with Gasteiger partial charge >= 0.3 is 0 Å². The Hall–Kier alpha value is -1.81. The van der Waals surface area contributed by atoms with Crippen LogP contribution in [0.4, 0.5) is 0 Å². The molecule has 4 nitrogen and oxygen atoms in total. The molecule has 0 spiro atoms. The standard InChI is InChI=1S/C18H21ClN2O2/c1-10-16(11(2)23-21-10)18(3,4)17(22)20-15-9-8-12-13(15)6-5-7-14(12)19/h5-7,15H,8-9H2,1-4H3,(H,20,22)/t15-/m0/s1. The number of nitrogens with one attached hydrogen (secondary N) is 1. The number of fused-ring (bicyclic) bond motifs is 1. The number of rotatable bonds is 3. The van der Waals surface area contributed by atoms with E-state index in [4.69, 9.17) is 16.1 Å². The Balaban J connectivity index is 1.85. The van der Waals surface area contributed by atoms with Crippen molar-refractivity contribution in [1.29, 1.82) is 0 Å². The summed E-state index contributed by atoms with van der Waals surface area (Å²) < 4.78 is 5.23. The maximum atomic E-state index is 12.9. The number of halogens is 1. The van der Waals surface area contributed by atoms with Gasteiger partial charge in [-0.05, 0) is 57.7 Å². The van der Waals surface area contributed by atoms with Crippen molar-refractivity contribution in [3.63, 3.8) is 0 Å². The normalized spacial score (nSPS) is 17.2. The summed E-state index contributed by atoms with van der Waals surface area (Å²) in [7, 11) is 0. The molecule has 1 N–H and O–H groups in total. The molecular weight excluding hydrogens is 312 g/mol. The van der Waals surface area contributed by atoms with Crippen LogP contribution in [0.15, 0.2) is 22.7 Å². The second kappa shape index (κ2) is 5.68. The number of hydrogen-bond donors (Lipinski definition) is 1. The maximum absolute atomic E-state index is 12.9. The van der Waals surface area contributed by atoms with E-state index in [1.54, 1.807) is 0 Å². The topological polar surface area (TPSA) is 55.1 Å². The zero-order valence-corrected chi connectivity index (χ0v) is 14.6. The molecule has 1 aliphatic carbocycles. The van der Waals surface area contributed by atoms with E-state index in [0.29, 0.717) is 5.76 Å². The van der Waals surface area contributed by atoms with Crippen LogP contribution in [0, 0.1) is 13.8 Å². The zero-order chi connectivity index (χ0) is 16.8. The van der Waals surface area contributed by atoms with Crippen molar-refractivity contribution in [3.8, 4) is 0 Å². The number of nitrogens with zero attached hydrogens (tertiary/aromatic N) is 1. The Morgan fingerprint density at radius 1 is 1.39 bits per heavy atom. The average Bonchev–Trinajstić information content (AvgIpc) is 3.04. The van der Waals surface area contributed by atoms with Crippen molar-refractivity contribution >= 4 is 17.5 Å². The summed E-state index contributed by atoms with van der Waals surface area (Å²) >= 11 is 6.25. The van der Waals surface area contributed by atoms with Gasteiger partial charge in [0.1, 0.15) is 5.76 Å². The molecule has 0 radical (unpaired) electrons. The van der Waals surface area contributed by atoms with Crippen LogP contribution < -0.4 is 5.32 Å². The van der Waals surface area contributed by atoms with Gasteiger partial charge in [-0.25, -0.2) is 0 Å². The predicted molar refractivity (Wildman–Crippen MR) is 89.7 cm³/mol. The highest BCUT2D eigenvalue weighted by molar-refractivity contribution is 6.31. The second-order valence-corrected chi connectivity index (χ2v) is 7.10. The number of carbonyl (C=O) groups is 1. The van der Waals surface area contributed by atoms with Crippen LogP contribution in [0.5, 0.6) is 0 Å². The summed E-state index contributed by atoms with van der Waals surface area (Å²) in [6, 6.07) is 5.89. The minimum Gasteiger partial charge on any atom is -0.361 e. The largest absolute Gasteiger partial charge is 0.361 e. The third-order valence-corrected chi connectivity index (χ3v) is 5.10. The third kappa shape index (κ3) is 2.65. The Bertz CT molecular complexity index is 745. The first-order valence-electron chi connectivity index (χ1n) is 7.84. The number of carbonyl (C=O) groups excluding carboxylic acids is 1. The van der Waals surface area contributed by atoms with Gasteiger partial charge in [-0.15, -0.1) is 0 Å². The number of amides is 1. The molecule has 1 amide bonds. The fourth-order valence-corrected chi connectivity index (χ4v) is 3.86. The van der Waals surface area contributed by atoms with Crippen LogP contribution in [0.25, 0.3) is 0 Å². The van der Waals surface area contributed by atoms with E-state index in [-0.39, 0.29) is 11.9 Å². The first-order valence-corrected chi connectivity index (χ1v) is 8.21. The lowest BCUT2D eigenvalue weighted by Gasteiger charge is -2.26. The van der Waals surface area contributed by atoms with Crippen molar-refractivity contribution < 1.29 is 9.32 Å². The molecule has 0 bridgehead atoms. The molecule has 0 saturated heterocycles. The smallest absolute Gasteiger partial charge is 0.230 e. The van der Waals surface area contributed by atoms with Crippen molar-refractivity contribution in [1.82, 2.24) is 10.5 Å². The van der Waals surface area contributed by atoms with E-state index < -0.39 is 5.41 Å². The molecule has 1 heterocycles. The monoisotopic (exact) mass is 332 g/mol. The summed E-state index contributed by atoms with van der Waals surface area (Å²) in [5, 5.41) is 7.93. The lowest BCUT2D eigenvalue weighted by molar-refractivity contribution is -0.126. The van der Waals surface area contributed by atoms with Crippen molar-refractivity contribution in [3.05, 3.63) is 51.4 Å². The van der Waals surface area contributed by atoms with Gasteiger partial charge < -0.3 is 9.84 Å². The van der Waals surface area contributed by atoms with Crippen LogP contribution in [-0.4, -0.2) is 11.1 Å². The van der Waals surface area contributed by atoms with Crippen molar-refractivity contribution in [2.75, 3.05) is 0 Å². The number of aromatic nitrogens is 1. The number of aryl methyl sites for hydroxylation is 2. The number of hydrogen-bond acceptors (Lipinski definition) is 3. The van der Waals surface area contributed by atoms with Gasteiger partial charge in [0, 0.05) is 10.6 Å². The minimum absolute atomic E-state index is 0.0101. The van der Waals surface area contributed by atoms with E-state index in [1.807, 2.05) is 45.9 Å². The third-order valence-electron chi connectivity index (χ3n) is 4.74. The summed E-state index contributed by atoms with van der Waals surface area (Å²) in [6.07, 6.45) is 1.77. The zero-order valence-electron chi connectivity index (χ0n) is 13.9. The molecule has 3 rings (SSSR count). The molecule has 0 fully saturated rings. The highest BCUT2D eigenvalue weighted by atomic mass is 35.5. The minimum atomic E-state index is -0.699. The molecule has 0 aliphatic heterocycles. The highest BCUT2D eigenvalue weighted by Crippen LogP contribution is 2.37. The summed E-state index contributed by atoms with van der Waals surface area (Å²) in [5.41, 5.74) is 3.20. The molecule has 1 aromatic carbocycles. The molecular formula is C18H21ClN2O2. The van der Waals surface area contributed by atoms with Crippen molar-refractivity contribution in [2.45, 2.75) is 52.0 Å². The molecule has 0 saturated carbocycles. The Morgan fingerprint density at radius 2 is 2.13 bits per heavy atom. The lowest BCUT2D eigenvalue weighted by Crippen LogP contribution is -2.42. The van der Waals surface area contributed by atoms with Gasteiger partial charge in [0.2, 0.25) is 5.91 Å². The molecule has 5 heteroatoms. The predicted octanol–water partition coefficient (Wildman–Crippen LogP) is 4.03. The SMILES string of the molecule is Cc1noc(C)c1C(C)(C)C(=O)N[C@H]1CCc2c(Cl)cccc21. The number of benzene rings is 1. The van der Waals surface area contributed by atoms with Gasteiger partial charge in [0.15, 0.2) is 0 Å². The Morgan fingerprint density at radius 3 is 2.78 bits per heavy atom. The quantitative estimate of drug-likeness (QED) is 0.923. The Labute approximate surface area is 141 Å². The molecule has 1 atom stereocenters. The van der Waals surface area contributed by atoms with E-state index >= 15 is 0 Å². The highest BCUT2D eigenvalue weighted by Gasteiger charge is 2.37. The first kappa shape index (κ1) is 16.1. The maximum Gasteiger partial charge on any atom is 0.230 e. The molecule has 122 valence electrons. The van der Waals surface area contributed by atoms with Crippen molar-refractivity contribution in [2.24, 2.45) is 0 Å². The fourth-order valence-electron chi connectivity index (χ4n) is 3.59. The van der Waals surface area contributed by atoms with Crippen LogP contribution >= 0.6 is 11.6 Å². The Kier molecular flexibility index (Phi) is 3.96. The average molecular weight is 333 g/mol. The van der Waals surface area contributed by atoms with Gasteiger partial charge in [-0.1, -0.05) is 28.9 Å². The van der Waals surface area contributed by atoms with Gasteiger partial charge in [-0.3, -0.25) is 4.79 Å². The van der Waals surface area contributed by atoms with E-state index in [1.165, 1.54) is 0 Å². The van der Waals surface area contributed by atoms with Gasteiger partial charge in [0.05, 0.1) is 17.2 Å². The second-order valence-electron chi connectivity index (χ2n) is 6.70. The molecule has 2 aromatic rings.